The van der Waals surface area contributed by atoms with E-state index in [0.717, 1.165) is 24.2 Å². The predicted octanol–water partition coefficient (Wildman–Crippen LogP) is 1.48. The second-order valence-electron chi connectivity index (χ2n) is 4.87. The minimum Gasteiger partial charge on any atom is -0.453 e. The maximum Gasteiger partial charge on any atom is 0.407 e. The van der Waals surface area contributed by atoms with Gasteiger partial charge in [0.2, 0.25) is 0 Å². The quantitative estimate of drug-likeness (QED) is 0.878. The fourth-order valence-corrected chi connectivity index (χ4v) is 2.52. The number of ether oxygens (including phenoxy) is 1. The Morgan fingerprint density at radius 3 is 3.05 bits per heavy atom. The largest absolute Gasteiger partial charge is 0.453 e. The summed E-state index contributed by atoms with van der Waals surface area (Å²) in [4.78, 5) is 13.4. The number of benzene rings is 1. The lowest BCUT2D eigenvalue weighted by atomic mass is 10.1. The van der Waals surface area contributed by atoms with Gasteiger partial charge in [0.05, 0.1) is 13.2 Å². The third-order valence-corrected chi connectivity index (χ3v) is 3.45. The summed E-state index contributed by atoms with van der Waals surface area (Å²) in [5.41, 5.74) is 1.93. The van der Waals surface area contributed by atoms with Gasteiger partial charge >= 0.3 is 6.09 Å². The Labute approximate surface area is 118 Å². The SMILES string of the molecule is CNCc1cc(F)ccc1N1CCC(NC(=O)OC)C1. The van der Waals surface area contributed by atoms with Gasteiger partial charge in [0.25, 0.3) is 0 Å². The van der Waals surface area contributed by atoms with Crippen LogP contribution in [0.3, 0.4) is 0 Å². The first-order chi connectivity index (χ1) is 9.63. The van der Waals surface area contributed by atoms with E-state index in [1.54, 1.807) is 12.1 Å². The van der Waals surface area contributed by atoms with Crippen LogP contribution < -0.4 is 15.5 Å². The number of hydrogen-bond donors (Lipinski definition) is 2. The summed E-state index contributed by atoms with van der Waals surface area (Å²) < 4.78 is 17.9. The molecule has 0 radical (unpaired) electrons. The number of hydrogen-bond acceptors (Lipinski definition) is 4. The van der Waals surface area contributed by atoms with Crippen molar-refractivity contribution in [3.63, 3.8) is 0 Å². The van der Waals surface area contributed by atoms with Crippen LogP contribution in [0.15, 0.2) is 18.2 Å². The second kappa shape index (κ2) is 6.56. The first kappa shape index (κ1) is 14.6. The minimum absolute atomic E-state index is 0.0648. The Bertz CT molecular complexity index is 481. The molecule has 6 heteroatoms. The summed E-state index contributed by atoms with van der Waals surface area (Å²) in [6, 6.07) is 4.88. The lowest BCUT2D eigenvalue weighted by Crippen LogP contribution is -2.37. The number of nitrogens with one attached hydrogen (secondary N) is 2. The monoisotopic (exact) mass is 281 g/mol. The average molecular weight is 281 g/mol. The van der Waals surface area contributed by atoms with Gasteiger partial charge in [-0.25, -0.2) is 9.18 Å². The fraction of sp³-hybridized carbons (Fsp3) is 0.500. The molecule has 1 amide bonds. The fourth-order valence-electron chi connectivity index (χ4n) is 2.52. The zero-order valence-electron chi connectivity index (χ0n) is 11.8. The van der Waals surface area contributed by atoms with Gasteiger partial charge in [-0.3, -0.25) is 0 Å². The third-order valence-electron chi connectivity index (χ3n) is 3.45. The molecule has 0 bridgehead atoms. The van der Waals surface area contributed by atoms with E-state index < -0.39 is 6.09 Å². The van der Waals surface area contributed by atoms with Gasteiger partial charge < -0.3 is 20.3 Å². The van der Waals surface area contributed by atoms with E-state index in [-0.39, 0.29) is 11.9 Å². The van der Waals surface area contributed by atoms with E-state index in [1.165, 1.54) is 13.2 Å². The van der Waals surface area contributed by atoms with Crippen LogP contribution in [0.5, 0.6) is 0 Å². The number of halogens is 1. The van der Waals surface area contributed by atoms with E-state index in [0.29, 0.717) is 13.1 Å². The summed E-state index contributed by atoms with van der Waals surface area (Å²) >= 11 is 0. The molecule has 1 aromatic carbocycles. The van der Waals surface area contributed by atoms with Crippen LogP contribution in [0.2, 0.25) is 0 Å². The molecule has 0 saturated carbocycles. The number of anilines is 1. The topological polar surface area (TPSA) is 53.6 Å². The Morgan fingerprint density at radius 1 is 1.55 bits per heavy atom. The first-order valence-corrected chi connectivity index (χ1v) is 6.66. The van der Waals surface area contributed by atoms with Crippen LogP contribution in [0, 0.1) is 5.82 Å². The molecule has 0 aliphatic carbocycles. The number of nitrogens with zero attached hydrogens (tertiary/aromatic N) is 1. The molecule has 1 saturated heterocycles. The zero-order chi connectivity index (χ0) is 14.5. The Balaban J connectivity index is 2.07. The van der Waals surface area contributed by atoms with E-state index >= 15 is 0 Å². The molecule has 5 nitrogen and oxygen atoms in total. The molecule has 110 valence electrons. The van der Waals surface area contributed by atoms with Crippen LogP contribution in [0.1, 0.15) is 12.0 Å². The Hall–Kier alpha value is -1.82. The molecule has 2 rings (SSSR count). The lowest BCUT2D eigenvalue weighted by molar-refractivity contribution is 0.167. The molecule has 1 heterocycles. The second-order valence-corrected chi connectivity index (χ2v) is 4.87. The number of carbonyl (C=O) groups is 1. The molecule has 1 unspecified atom stereocenters. The highest BCUT2D eigenvalue weighted by molar-refractivity contribution is 5.67. The van der Waals surface area contributed by atoms with Crippen LogP contribution in [-0.2, 0) is 11.3 Å². The molecular weight excluding hydrogens is 261 g/mol. The number of amides is 1. The Kier molecular flexibility index (Phi) is 4.79. The van der Waals surface area contributed by atoms with E-state index in [4.69, 9.17) is 0 Å². The summed E-state index contributed by atoms with van der Waals surface area (Å²) in [7, 11) is 3.19. The summed E-state index contributed by atoms with van der Waals surface area (Å²) in [5, 5.41) is 5.84. The smallest absolute Gasteiger partial charge is 0.407 e. The van der Waals surface area contributed by atoms with Crippen molar-refractivity contribution in [3.05, 3.63) is 29.6 Å². The van der Waals surface area contributed by atoms with Gasteiger partial charge in [0, 0.05) is 25.3 Å². The van der Waals surface area contributed by atoms with E-state index in [2.05, 4.69) is 20.3 Å². The highest BCUT2D eigenvalue weighted by Gasteiger charge is 2.25. The average Bonchev–Trinajstić information content (AvgIpc) is 2.87. The number of carbonyl (C=O) groups excluding carboxylic acids is 1. The highest BCUT2D eigenvalue weighted by Crippen LogP contribution is 2.25. The molecule has 0 spiro atoms. The van der Waals surface area contributed by atoms with Crippen molar-refractivity contribution in [1.29, 1.82) is 0 Å². The number of alkyl carbamates (subject to hydrolysis) is 1. The molecule has 1 atom stereocenters. The molecule has 1 aliphatic rings. The standard InChI is InChI=1S/C14H20FN3O2/c1-16-8-10-7-11(15)3-4-13(10)18-6-5-12(9-18)17-14(19)20-2/h3-4,7,12,16H,5-6,8-9H2,1-2H3,(H,17,19). The summed E-state index contributed by atoms with van der Waals surface area (Å²) in [6.45, 7) is 2.15. The molecule has 2 N–H and O–H groups in total. The summed E-state index contributed by atoms with van der Waals surface area (Å²) in [6.07, 6.45) is 0.442. The molecule has 0 aromatic heterocycles. The van der Waals surface area contributed by atoms with Gasteiger partial charge in [-0.2, -0.15) is 0 Å². The van der Waals surface area contributed by atoms with Crippen molar-refractivity contribution in [1.82, 2.24) is 10.6 Å². The third kappa shape index (κ3) is 3.39. The van der Waals surface area contributed by atoms with Crippen molar-refractivity contribution in [2.45, 2.75) is 19.0 Å². The molecule has 20 heavy (non-hydrogen) atoms. The molecular formula is C14H20FN3O2. The van der Waals surface area contributed by atoms with Crippen molar-refractivity contribution in [2.75, 3.05) is 32.1 Å². The maximum absolute atomic E-state index is 13.3. The molecule has 1 fully saturated rings. The predicted molar refractivity (Wildman–Crippen MR) is 75.3 cm³/mol. The first-order valence-electron chi connectivity index (χ1n) is 6.66. The van der Waals surface area contributed by atoms with E-state index in [1.807, 2.05) is 7.05 Å². The maximum atomic E-state index is 13.3. The van der Waals surface area contributed by atoms with Crippen molar-refractivity contribution in [3.8, 4) is 0 Å². The highest BCUT2D eigenvalue weighted by atomic mass is 19.1. The van der Waals surface area contributed by atoms with E-state index in [9.17, 15) is 9.18 Å². The van der Waals surface area contributed by atoms with Gasteiger partial charge in [-0.15, -0.1) is 0 Å². The molecule has 1 aliphatic heterocycles. The zero-order valence-corrected chi connectivity index (χ0v) is 11.8. The van der Waals surface area contributed by atoms with Gasteiger partial charge in [0.1, 0.15) is 5.82 Å². The van der Waals surface area contributed by atoms with Crippen LogP contribution in [0.25, 0.3) is 0 Å². The number of rotatable bonds is 4. The summed E-state index contributed by atoms with van der Waals surface area (Å²) in [5.74, 6) is -0.234. The van der Waals surface area contributed by atoms with Crippen molar-refractivity contribution in [2.24, 2.45) is 0 Å². The lowest BCUT2D eigenvalue weighted by Gasteiger charge is -2.22. The van der Waals surface area contributed by atoms with Gasteiger partial charge in [0.15, 0.2) is 0 Å². The van der Waals surface area contributed by atoms with Gasteiger partial charge in [-0.1, -0.05) is 0 Å². The van der Waals surface area contributed by atoms with Crippen LogP contribution in [0.4, 0.5) is 14.9 Å². The number of methoxy groups -OCH3 is 1. The van der Waals surface area contributed by atoms with Crippen LogP contribution >= 0.6 is 0 Å². The normalized spacial score (nSPS) is 18.1. The van der Waals surface area contributed by atoms with Crippen molar-refractivity contribution < 1.29 is 13.9 Å². The van der Waals surface area contributed by atoms with Crippen LogP contribution in [-0.4, -0.2) is 39.4 Å². The van der Waals surface area contributed by atoms with Crippen molar-refractivity contribution >= 4 is 11.8 Å². The minimum atomic E-state index is -0.411. The van der Waals surface area contributed by atoms with Gasteiger partial charge in [-0.05, 0) is 37.2 Å². The molecule has 1 aromatic rings. The Morgan fingerprint density at radius 2 is 2.35 bits per heavy atom.